The fraction of sp³-hybridized carbons (Fsp3) is 0.478. The van der Waals surface area contributed by atoms with E-state index in [0.717, 1.165) is 37.6 Å². The number of sulfone groups is 1. The van der Waals surface area contributed by atoms with Crippen LogP contribution in [-0.2, 0) is 16.3 Å². The van der Waals surface area contributed by atoms with Gasteiger partial charge in [-0.3, -0.25) is 0 Å². The average molecular weight is 464 g/mol. The first-order valence-electron chi connectivity index (χ1n) is 10.8. The van der Waals surface area contributed by atoms with Crippen LogP contribution in [0, 0.1) is 0 Å². The topological polar surface area (TPSA) is 61.9 Å². The lowest BCUT2D eigenvalue weighted by atomic mass is 10.1. The van der Waals surface area contributed by atoms with Crippen LogP contribution in [0.4, 0.5) is 0 Å². The molecule has 0 amide bonds. The predicted octanol–water partition coefficient (Wildman–Crippen LogP) is 2.32. The molecule has 1 N–H and O–H groups in total. The van der Waals surface area contributed by atoms with Gasteiger partial charge >= 0.3 is 0 Å². The van der Waals surface area contributed by atoms with E-state index < -0.39 is 9.84 Å². The van der Waals surface area contributed by atoms with Gasteiger partial charge in [0.1, 0.15) is 12.4 Å². The summed E-state index contributed by atoms with van der Waals surface area (Å²) in [6.45, 7) is 5.59. The third kappa shape index (κ3) is 5.79. The van der Waals surface area contributed by atoms with Crippen molar-refractivity contribution in [1.82, 2.24) is 15.1 Å². The Morgan fingerprint density at radius 1 is 1.13 bits per heavy atom. The van der Waals surface area contributed by atoms with Crippen LogP contribution < -0.4 is 10.1 Å². The number of benzene rings is 2. The van der Waals surface area contributed by atoms with Gasteiger partial charge < -0.3 is 19.9 Å². The third-order valence-corrected chi connectivity index (χ3v) is 8.36. The number of nitrogens with zero attached hydrogens (tertiary/aromatic N) is 2. The normalized spacial score (nSPS) is 21.0. The molecule has 0 radical (unpaired) electrons. The second kappa shape index (κ2) is 9.88. The van der Waals surface area contributed by atoms with Crippen molar-refractivity contribution in [3.8, 4) is 5.75 Å². The Bertz CT molecular complexity index is 978. The van der Waals surface area contributed by atoms with Crippen LogP contribution in [0.25, 0.3) is 0 Å². The second-order valence-corrected chi connectivity index (χ2v) is 11.2. The summed E-state index contributed by atoms with van der Waals surface area (Å²) < 4.78 is 31.2. The summed E-state index contributed by atoms with van der Waals surface area (Å²) in [7, 11) is -1.32. The number of hydrogen-bond acceptors (Lipinski definition) is 6. The van der Waals surface area contributed by atoms with E-state index in [1.165, 1.54) is 5.56 Å². The van der Waals surface area contributed by atoms with Crippen LogP contribution >= 0.6 is 11.6 Å². The van der Waals surface area contributed by atoms with Crippen LogP contribution in [0.3, 0.4) is 0 Å². The summed E-state index contributed by atoms with van der Waals surface area (Å²) in [5, 5.41) is 3.99. The van der Waals surface area contributed by atoms with Gasteiger partial charge in [0, 0.05) is 44.3 Å². The summed E-state index contributed by atoms with van der Waals surface area (Å²) in [6.07, 6.45) is 0.973. The van der Waals surface area contributed by atoms with Gasteiger partial charge in [-0.05, 0) is 55.4 Å². The molecule has 0 aliphatic carbocycles. The Hall–Kier alpha value is -1.64. The van der Waals surface area contributed by atoms with E-state index in [1.807, 2.05) is 30.1 Å². The zero-order chi connectivity index (χ0) is 21.8. The smallest absolute Gasteiger partial charge is 0.183 e. The molecule has 4 rings (SSSR count). The highest BCUT2D eigenvalue weighted by Gasteiger charge is 2.36. The number of piperazine rings is 1. The SMILES string of the molecule is CN1CC(S(=O)(=O)c2ccc(OC[C@@H]3CN(CCc4cccc(Cl)c4)CCN3)cc2)C1. The molecular weight excluding hydrogens is 434 g/mol. The quantitative estimate of drug-likeness (QED) is 0.648. The summed E-state index contributed by atoms with van der Waals surface area (Å²) in [5.41, 5.74) is 1.25. The van der Waals surface area contributed by atoms with E-state index >= 15 is 0 Å². The maximum absolute atomic E-state index is 12.6. The number of ether oxygens (including phenoxy) is 1. The van der Waals surface area contributed by atoms with Gasteiger partial charge in [-0.2, -0.15) is 0 Å². The van der Waals surface area contributed by atoms with E-state index in [4.69, 9.17) is 16.3 Å². The number of halogens is 1. The first-order chi connectivity index (χ1) is 14.9. The summed E-state index contributed by atoms with van der Waals surface area (Å²) in [4.78, 5) is 4.83. The van der Waals surface area contributed by atoms with Crippen LogP contribution in [0.2, 0.25) is 5.02 Å². The van der Waals surface area contributed by atoms with E-state index in [2.05, 4.69) is 16.3 Å². The highest BCUT2D eigenvalue weighted by atomic mass is 35.5. The monoisotopic (exact) mass is 463 g/mol. The van der Waals surface area contributed by atoms with Gasteiger partial charge in [0.2, 0.25) is 0 Å². The number of likely N-dealkylation sites (tertiary alicyclic amines) is 1. The van der Waals surface area contributed by atoms with Gasteiger partial charge in [0.15, 0.2) is 9.84 Å². The van der Waals surface area contributed by atoms with Crippen molar-refractivity contribution in [3.05, 3.63) is 59.1 Å². The first-order valence-corrected chi connectivity index (χ1v) is 12.7. The van der Waals surface area contributed by atoms with E-state index in [9.17, 15) is 8.42 Å². The molecule has 0 saturated carbocycles. The molecule has 2 aliphatic rings. The Morgan fingerprint density at radius 3 is 2.61 bits per heavy atom. The molecule has 2 aliphatic heterocycles. The van der Waals surface area contributed by atoms with Crippen LogP contribution in [0.1, 0.15) is 5.56 Å². The molecule has 2 aromatic carbocycles. The molecule has 2 aromatic rings. The maximum Gasteiger partial charge on any atom is 0.183 e. The molecular formula is C23H30ClN3O3S. The highest BCUT2D eigenvalue weighted by Crippen LogP contribution is 2.24. The van der Waals surface area contributed by atoms with E-state index in [-0.39, 0.29) is 11.3 Å². The Kier molecular flexibility index (Phi) is 7.19. The summed E-state index contributed by atoms with van der Waals surface area (Å²) >= 11 is 6.08. The Labute approximate surface area is 190 Å². The molecule has 2 saturated heterocycles. The van der Waals surface area contributed by atoms with Crippen molar-refractivity contribution in [2.24, 2.45) is 0 Å². The lowest BCUT2D eigenvalue weighted by molar-refractivity contribution is 0.159. The average Bonchev–Trinajstić information content (AvgIpc) is 2.75. The lowest BCUT2D eigenvalue weighted by Crippen LogP contribution is -2.53. The summed E-state index contributed by atoms with van der Waals surface area (Å²) in [6, 6.07) is 15.1. The fourth-order valence-electron chi connectivity index (χ4n) is 4.14. The van der Waals surface area contributed by atoms with E-state index in [0.29, 0.717) is 30.3 Å². The highest BCUT2D eigenvalue weighted by molar-refractivity contribution is 7.92. The fourth-order valence-corrected chi connectivity index (χ4v) is 6.16. The maximum atomic E-state index is 12.6. The minimum absolute atomic E-state index is 0.238. The number of rotatable bonds is 8. The first kappa shape index (κ1) is 22.6. The van der Waals surface area contributed by atoms with Gasteiger partial charge in [0.25, 0.3) is 0 Å². The molecule has 6 nitrogen and oxygen atoms in total. The zero-order valence-corrected chi connectivity index (χ0v) is 19.4. The predicted molar refractivity (Wildman–Crippen MR) is 124 cm³/mol. The van der Waals surface area contributed by atoms with Crippen molar-refractivity contribution in [2.75, 3.05) is 52.9 Å². The number of nitrogens with one attached hydrogen (secondary N) is 1. The molecule has 0 spiro atoms. The molecule has 1 atom stereocenters. The van der Waals surface area contributed by atoms with Gasteiger partial charge in [0.05, 0.1) is 16.2 Å². The Morgan fingerprint density at radius 2 is 1.90 bits per heavy atom. The van der Waals surface area contributed by atoms with Gasteiger partial charge in [-0.15, -0.1) is 0 Å². The van der Waals surface area contributed by atoms with Crippen molar-refractivity contribution in [3.63, 3.8) is 0 Å². The van der Waals surface area contributed by atoms with Crippen LogP contribution in [0.5, 0.6) is 5.75 Å². The summed E-state index contributed by atoms with van der Waals surface area (Å²) in [5.74, 6) is 0.697. The van der Waals surface area contributed by atoms with Crippen LogP contribution in [-0.4, -0.2) is 82.4 Å². The molecule has 2 heterocycles. The standard InChI is InChI=1S/C23H30ClN3O3S/c1-26-15-23(16-26)31(28,29)22-7-5-21(6-8-22)30-17-20-14-27(12-10-25-20)11-9-18-3-2-4-19(24)13-18/h2-8,13,20,23,25H,9-12,14-17H2,1H3/t20-/m0/s1. The van der Waals surface area contributed by atoms with E-state index in [1.54, 1.807) is 24.3 Å². The zero-order valence-electron chi connectivity index (χ0n) is 17.8. The molecule has 31 heavy (non-hydrogen) atoms. The molecule has 8 heteroatoms. The molecule has 0 unspecified atom stereocenters. The van der Waals surface area contributed by atoms with Gasteiger partial charge in [-0.1, -0.05) is 23.7 Å². The Balaban J connectivity index is 1.25. The molecule has 0 aromatic heterocycles. The molecule has 0 bridgehead atoms. The van der Waals surface area contributed by atoms with Crippen LogP contribution in [0.15, 0.2) is 53.4 Å². The van der Waals surface area contributed by atoms with Crippen molar-refractivity contribution in [1.29, 1.82) is 0 Å². The van der Waals surface area contributed by atoms with Crippen molar-refractivity contribution >= 4 is 21.4 Å². The number of hydrogen-bond donors (Lipinski definition) is 1. The third-order valence-electron chi connectivity index (χ3n) is 6.02. The molecule has 168 valence electrons. The largest absolute Gasteiger partial charge is 0.492 e. The minimum atomic E-state index is -3.25. The lowest BCUT2D eigenvalue weighted by Gasteiger charge is -2.35. The van der Waals surface area contributed by atoms with Gasteiger partial charge in [-0.25, -0.2) is 8.42 Å². The second-order valence-electron chi connectivity index (χ2n) is 8.50. The molecule has 2 fully saturated rings. The van der Waals surface area contributed by atoms with Crippen molar-refractivity contribution < 1.29 is 13.2 Å². The minimum Gasteiger partial charge on any atom is -0.492 e. The van der Waals surface area contributed by atoms with Crippen molar-refractivity contribution in [2.45, 2.75) is 22.6 Å².